The van der Waals surface area contributed by atoms with Crippen LogP contribution in [-0.2, 0) is 6.42 Å². The summed E-state index contributed by atoms with van der Waals surface area (Å²) < 4.78 is 6.10. The predicted molar refractivity (Wildman–Crippen MR) is 97.5 cm³/mol. The number of nitrogens with one attached hydrogen (secondary N) is 2. The Morgan fingerprint density at radius 2 is 2.12 bits per heavy atom. The molecule has 1 aliphatic rings. The third-order valence-corrected chi connectivity index (χ3v) is 4.77. The van der Waals surface area contributed by atoms with Gasteiger partial charge in [-0.3, -0.25) is 4.79 Å². The Kier molecular flexibility index (Phi) is 4.01. The number of hydrogen-bond acceptors (Lipinski definition) is 4. The van der Waals surface area contributed by atoms with E-state index in [0.29, 0.717) is 17.9 Å². The minimum atomic E-state index is -0.0443. The number of carbonyl (C=O) groups excluding carboxylic acids is 1. The molecule has 6 nitrogen and oxygen atoms in total. The molecule has 2 aromatic heterocycles. The largest absolute Gasteiger partial charge is 0.496 e. The fourth-order valence-corrected chi connectivity index (χ4v) is 3.43. The third-order valence-electron chi connectivity index (χ3n) is 4.15. The SMILES string of the molecule is COc1ccc(-c2nccc(-c3cc4c([nH]3)CCNC4=O)n2)cc1Br. The molecule has 0 aliphatic carbocycles. The lowest BCUT2D eigenvalue weighted by Gasteiger charge is -2.10. The molecule has 2 N–H and O–H groups in total. The van der Waals surface area contributed by atoms with Crippen molar-refractivity contribution in [2.45, 2.75) is 6.42 Å². The van der Waals surface area contributed by atoms with Crippen molar-refractivity contribution < 1.29 is 9.53 Å². The molecule has 0 saturated heterocycles. The van der Waals surface area contributed by atoms with Crippen LogP contribution in [0.25, 0.3) is 22.8 Å². The van der Waals surface area contributed by atoms with Gasteiger partial charge in [0.05, 0.1) is 28.5 Å². The molecule has 0 bridgehead atoms. The summed E-state index contributed by atoms with van der Waals surface area (Å²) in [5.41, 5.74) is 4.08. The zero-order valence-electron chi connectivity index (χ0n) is 13.5. The number of methoxy groups -OCH3 is 1. The van der Waals surface area contributed by atoms with Crippen LogP contribution in [0.5, 0.6) is 5.75 Å². The van der Waals surface area contributed by atoms with Gasteiger partial charge in [0.2, 0.25) is 0 Å². The fourth-order valence-electron chi connectivity index (χ4n) is 2.88. The van der Waals surface area contributed by atoms with Gasteiger partial charge in [-0.2, -0.15) is 0 Å². The number of aromatic nitrogens is 3. The van der Waals surface area contributed by atoms with Gasteiger partial charge >= 0.3 is 0 Å². The van der Waals surface area contributed by atoms with E-state index in [-0.39, 0.29) is 5.91 Å². The number of ether oxygens (including phenoxy) is 1. The van der Waals surface area contributed by atoms with E-state index in [9.17, 15) is 4.79 Å². The van der Waals surface area contributed by atoms with Crippen LogP contribution in [0.1, 0.15) is 16.1 Å². The number of aromatic amines is 1. The van der Waals surface area contributed by atoms with Crippen LogP contribution in [0.15, 0.2) is 41.0 Å². The molecule has 7 heteroatoms. The molecule has 3 aromatic rings. The Balaban J connectivity index is 1.73. The van der Waals surface area contributed by atoms with E-state index in [2.05, 4.69) is 36.2 Å². The highest BCUT2D eigenvalue weighted by atomic mass is 79.9. The molecule has 1 aromatic carbocycles. The predicted octanol–water partition coefficient (Wildman–Crippen LogP) is 3.20. The van der Waals surface area contributed by atoms with Gasteiger partial charge in [0.25, 0.3) is 5.91 Å². The lowest BCUT2D eigenvalue weighted by Crippen LogP contribution is -2.31. The van der Waals surface area contributed by atoms with Crippen LogP contribution in [0.4, 0.5) is 0 Å². The molecular formula is C18H15BrN4O2. The van der Waals surface area contributed by atoms with Crippen molar-refractivity contribution in [2.24, 2.45) is 0 Å². The second-order valence-electron chi connectivity index (χ2n) is 5.70. The Hall–Kier alpha value is -2.67. The van der Waals surface area contributed by atoms with Gasteiger partial charge in [-0.15, -0.1) is 0 Å². The topological polar surface area (TPSA) is 79.9 Å². The van der Waals surface area contributed by atoms with E-state index < -0.39 is 0 Å². The number of rotatable bonds is 3. The molecule has 3 heterocycles. The third kappa shape index (κ3) is 2.91. The Labute approximate surface area is 152 Å². The standard InChI is InChI=1S/C18H15BrN4O2/c1-25-16-3-2-10(8-12(16)19)17-20-6-5-14(23-17)15-9-11-13(22-15)4-7-21-18(11)24/h2-3,5-6,8-9,22H,4,7H2,1H3,(H,21,24). The van der Waals surface area contributed by atoms with E-state index in [1.54, 1.807) is 13.3 Å². The molecule has 0 unspecified atom stereocenters. The molecule has 4 rings (SSSR count). The first-order valence-electron chi connectivity index (χ1n) is 7.83. The van der Waals surface area contributed by atoms with Crippen molar-refractivity contribution in [3.05, 3.63) is 52.3 Å². The van der Waals surface area contributed by atoms with E-state index in [4.69, 9.17) is 4.74 Å². The van der Waals surface area contributed by atoms with Crippen LogP contribution >= 0.6 is 15.9 Å². The van der Waals surface area contributed by atoms with E-state index in [1.165, 1.54) is 0 Å². The molecule has 0 fully saturated rings. The van der Waals surface area contributed by atoms with Crippen molar-refractivity contribution >= 4 is 21.8 Å². The highest BCUT2D eigenvalue weighted by molar-refractivity contribution is 9.10. The van der Waals surface area contributed by atoms with Crippen molar-refractivity contribution in [1.82, 2.24) is 20.3 Å². The summed E-state index contributed by atoms with van der Waals surface area (Å²) in [5, 5.41) is 2.85. The lowest BCUT2D eigenvalue weighted by atomic mass is 10.1. The molecule has 126 valence electrons. The van der Waals surface area contributed by atoms with E-state index >= 15 is 0 Å². The number of fused-ring (bicyclic) bond motifs is 1. The van der Waals surface area contributed by atoms with Gasteiger partial charge < -0.3 is 15.0 Å². The minimum Gasteiger partial charge on any atom is -0.496 e. The lowest BCUT2D eigenvalue weighted by molar-refractivity contribution is 0.0946. The summed E-state index contributed by atoms with van der Waals surface area (Å²) in [6.45, 7) is 0.653. The zero-order valence-corrected chi connectivity index (χ0v) is 15.1. The number of carbonyl (C=O) groups is 1. The normalized spacial score (nSPS) is 13.3. The molecule has 1 aliphatic heterocycles. The Morgan fingerprint density at radius 3 is 2.88 bits per heavy atom. The van der Waals surface area contributed by atoms with Gasteiger partial charge in [0, 0.05) is 30.4 Å². The minimum absolute atomic E-state index is 0.0443. The maximum atomic E-state index is 11.9. The van der Waals surface area contributed by atoms with Gasteiger partial charge in [0.15, 0.2) is 5.82 Å². The molecular weight excluding hydrogens is 384 g/mol. The van der Waals surface area contributed by atoms with Crippen LogP contribution in [-0.4, -0.2) is 34.5 Å². The van der Waals surface area contributed by atoms with Crippen LogP contribution in [0, 0.1) is 0 Å². The summed E-state index contributed by atoms with van der Waals surface area (Å²) in [4.78, 5) is 24.2. The van der Waals surface area contributed by atoms with Gasteiger partial charge in [0.1, 0.15) is 5.75 Å². The Morgan fingerprint density at radius 1 is 1.24 bits per heavy atom. The summed E-state index contributed by atoms with van der Waals surface area (Å²) in [6, 6.07) is 9.38. The van der Waals surface area contributed by atoms with Crippen molar-refractivity contribution in [2.75, 3.05) is 13.7 Å². The summed E-state index contributed by atoms with van der Waals surface area (Å²) >= 11 is 3.48. The molecule has 0 radical (unpaired) electrons. The first-order valence-corrected chi connectivity index (χ1v) is 8.62. The first-order chi connectivity index (χ1) is 12.2. The fraction of sp³-hybridized carbons (Fsp3) is 0.167. The van der Waals surface area contributed by atoms with Crippen molar-refractivity contribution in [3.63, 3.8) is 0 Å². The number of halogens is 1. The summed E-state index contributed by atoms with van der Waals surface area (Å²) in [7, 11) is 1.63. The van der Waals surface area contributed by atoms with Gasteiger partial charge in [-0.1, -0.05) is 0 Å². The summed E-state index contributed by atoms with van der Waals surface area (Å²) in [6.07, 6.45) is 2.51. The second-order valence-corrected chi connectivity index (χ2v) is 6.55. The molecule has 0 saturated carbocycles. The van der Waals surface area contributed by atoms with E-state index in [0.717, 1.165) is 39.3 Å². The highest BCUT2D eigenvalue weighted by Gasteiger charge is 2.20. The average Bonchev–Trinajstić information content (AvgIpc) is 3.07. The smallest absolute Gasteiger partial charge is 0.253 e. The zero-order chi connectivity index (χ0) is 17.4. The maximum absolute atomic E-state index is 11.9. The molecule has 0 atom stereocenters. The number of amides is 1. The maximum Gasteiger partial charge on any atom is 0.253 e. The van der Waals surface area contributed by atoms with Crippen LogP contribution in [0.2, 0.25) is 0 Å². The highest BCUT2D eigenvalue weighted by Crippen LogP contribution is 2.30. The average molecular weight is 399 g/mol. The molecule has 0 spiro atoms. The van der Waals surface area contributed by atoms with Crippen molar-refractivity contribution in [3.8, 4) is 28.5 Å². The Bertz CT molecular complexity index is 967. The monoisotopic (exact) mass is 398 g/mol. The number of benzene rings is 1. The van der Waals surface area contributed by atoms with Gasteiger partial charge in [-0.05, 0) is 46.3 Å². The quantitative estimate of drug-likeness (QED) is 0.709. The first kappa shape index (κ1) is 15.8. The van der Waals surface area contributed by atoms with E-state index in [1.807, 2.05) is 30.3 Å². The molecule has 1 amide bonds. The van der Waals surface area contributed by atoms with Crippen molar-refractivity contribution in [1.29, 1.82) is 0 Å². The van der Waals surface area contributed by atoms with Crippen LogP contribution < -0.4 is 10.1 Å². The molecule has 25 heavy (non-hydrogen) atoms. The number of hydrogen-bond donors (Lipinski definition) is 2. The summed E-state index contributed by atoms with van der Waals surface area (Å²) in [5.74, 6) is 1.32. The van der Waals surface area contributed by atoms with Crippen LogP contribution in [0.3, 0.4) is 0 Å². The number of H-pyrrole nitrogens is 1. The second kappa shape index (κ2) is 6.33. The number of nitrogens with zero attached hydrogens (tertiary/aromatic N) is 2. The van der Waals surface area contributed by atoms with Gasteiger partial charge in [-0.25, -0.2) is 9.97 Å².